The third-order valence-electron chi connectivity index (χ3n) is 5.18. The highest BCUT2D eigenvalue weighted by Crippen LogP contribution is 2.24. The maximum Gasteiger partial charge on any atom is 0.272 e. The minimum atomic E-state index is -0.0376. The van der Waals surface area contributed by atoms with Crippen LogP contribution in [0.15, 0.2) is 51.7 Å². The Labute approximate surface area is 194 Å². The minimum absolute atomic E-state index is 0.0369. The first-order valence-electron chi connectivity index (χ1n) is 10.7. The van der Waals surface area contributed by atoms with E-state index in [1.165, 1.54) is 28.7 Å². The molecule has 4 aromatic rings. The van der Waals surface area contributed by atoms with Gasteiger partial charge in [0.1, 0.15) is 4.70 Å². The molecule has 0 aliphatic heterocycles. The Morgan fingerprint density at radius 1 is 1.16 bits per heavy atom. The number of fused-ring (bicyclic) bond motifs is 3. The molecular weight excluding hydrogens is 442 g/mol. The first-order chi connectivity index (χ1) is 15.4. The monoisotopic (exact) mass is 469 g/mol. The van der Waals surface area contributed by atoms with E-state index in [0.717, 1.165) is 18.4 Å². The molecule has 1 atom stereocenters. The highest BCUT2D eigenvalue weighted by Gasteiger charge is 2.19. The molecule has 32 heavy (non-hydrogen) atoms. The van der Waals surface area contributed by atoms with Crippen molar-refractivity contribution in [2.75, 3.05) is 5.75 Å². The molecule has 0 fully saturated rings. The molecule has 0 aliphatic carbocycles. The summed E-state index contributed by atoms with van der Waals surface area (Å²) in [6.07, 6.45) is 1.80. The van der Waals surface area contributed by atoms with Crippen molar-refractivity contribution < 1.29 is 4.79 Å². The molecule has 1 aromatic carbocycles. The summed E-state index contributed by atoms with van der Waals surface area (Å²) >= 11 is 2.76. The lowest BCUT2D eigenvalue weighted by Gasteiger charge is -2.14. The lowest BCUT2D eigenvalue weighted by atomic mass is 10.1. The summed E-state index contributed by atoms with van der Waals surface area (Å²) in [7, 11) is 0. The lowest BCUT2D eigenvalue weighted by molar-refractivity contribution is -0.119. The second-order valence-corrected chi connectivity index (χ2v) is 10.2. The summed E-state index contributed by atoms with van der Waals surface area (Å²) in [6, 6.07) is 12.3. The number of hydrogen-bond acceptors (Lipinski definition) is 6. The fraction of sp³-hybridized carbons (Fsp3) is 0.391. The molecule has 0 unspecified atom stereocenters. The van der Waals surface area contributed by atoms with Crippen LogP contribution < -0.4 is 10.9 Å². The van der Waals surface area contributed by atoms with E-state index < -0.39 is 0 Å². The maximum absolute atomic E-state index is 12.9. The van der Waals surface area contributed by atoms with Crippen LogP contribution in [0.5, 0.6) is 0 Å². The van der Waals surface area contributed by atoms with Gasteiger partial charge in [0.05, 0.1) is 11.3 Å². The molecular formula is C23H27N5O2S2. The summed E-state index contributed by atoms with van der Waals surface area (Å²) in [5.74, 6) is 1.02. The topological polar surface area (TPSA) is 81.3 Å². The molecule has 3 heterocycles. The number of rotatable bonds is 9. The second-order valence-electron chi connectivity index (χ2n) is 8.34. The number of amides is 1. The molecule has 1 N–H and O–H groups in total. The van der Waals surface area contributed by atoms with Gasteiger partial charge in [-0.1, -0.05) is 55.9 Å². The number of benzene rings is 1. The van der Waals surface area contributed by atoms with Gasteiger partial charge < -0.3 is 5.32 Å². The predicted molar refractivity (Wildman–Crippen MR) is 131 cm³/mol. The third-order valence-corrected chi connectivity index (χ3v) is 7.00. The van der Waals surface area contributed by atoms with E-state index in [4.69, 9.17) is 0 Å². The van der Waals surface area contributed by atoms with Crippen LogP contribution in [0, 0.1) is 5.92 Å². The number of carbonyl (C=O) groups is 1. The van der Waals surface area contributed by atoms with E-state index in [1.807, 2.05) is 41.0 Å². The summed E-state index contributed by atoms with van der Waals surface area (Å²) in [4.78, 5) is 25.5. The number of thiophene rings is 1. The van der Waals surface area contributed by atoms with E-state index in [2.05, 4.69) is 41.5 Å². The molecule has 9 heteroatoms. The summed E-state index contributed by atoms with van der Waals surface area (Å²) in [5.41, 5.74) is 2.02. The van der Waals surface area contributed by atoms with E-state index in [-0.39, 0.29) is 23.3 Å². The quantitative estimate of drug-likeness (QED) is 0.375. The van der Waals surface area contributed by atoms with E-state index in [9.17, 15) is 9.59 Å². The molecule has 0 radical (unpaired) electrons. The molecule has 168 valence electrons. The lowest BCUT2D eigenvalue weighted by Crippen LogP contribution is -2.34. The summed E-state index contributed by atoms with van der Waals surface area (Å²) in [6.45, 7) is 6.73. The molecule has 7 nitrogen and oxygen atoms in total. The van der Waals surface area contributed by atoms with Crippen LogP contribution in [0.25, 0.3) is 16.0 Å². The smallest absolute Gasteiger partial charge is 0.272 e. The number of hydrogen-bond donors (Lipinski definition) is 1. The highest BCUT2D eigenvalue weighted by molar-refractivity contribution is 7.99. The van der Waals surface area contributed by atoms with Crippen LogP contribution in [0.3, 0.4) is 0 Å². The van der Waals surface area contributed by atoms with Gasteiger partial charge in [-0.05, 0) is 42.7 Å². The zero-order valence-electron chi connectivity index (χ0n) is 18.4. The Bertz CT molecular complexity index is 1280. The number of aryl methyl sites for hydroxylation is 1. The maximum atomic E-state index is 12.9. The van der Waals surface area contributed by atoms with Crippen LogP contribution in [0.2, 0.25) is 0 Å². The van der Waals surface area contributed by atoms with Crippen molar-refractivity contribution in [2.24, 2.45) is 5.92 Å². The summed E-state index contributed by atoms with van der Waals surface area (Å²) < 4.78 is 4.26. The van der Waals surface area contributed by atoms with Crippen molar-refractivity contribution in [3.8, 4) is 0 Å². The third kappa shape index (κ3) is 4.88. The standard InChI is InChI=1S/C23H27N5O2S2/c1-15(2)13-27-21(30)20-18(11-12-31-20)28-22(27)25-26-23(28)32-14-19(29)24-16(3)9-10-17-7-5-4-6-8-17/h4-8,11-12,15-16H,9-10,13-14H2,1-3H3,(H,24,29)/t16-/m0/s1. The summed E-state index contributed by atoms with van der Waals surface area (Å²) in [5, 5.41) is 14.2. The number of nitrogens with one attached hydrogen (secondary N) is 1. The van der Waals surface area contributed by atoms with Crippen molar-refractivity contribution in [3.63, 3.8) is 0 Å². The van der Waals surface area contributed by atoms with Gasteiger partial charge in [-0.15, -0.1) is 21.5 Å². The fourth-order valence-electron chi connectivity index (χ4n) is 3.67. The van der Waals surface area contributed by atoms with Gasteiger partial charge in [0.2, 0.25) is 11.7 Å². The van der Waals surface area contributed by atoms with E-state index >= 15 is 0 Å². The van der Waals surface area contributed by atoms with Crippen LogP contribution in [0.1, 0.15) is 32.8 Å². The normalized spacial score (nSPS) is 12.6. The first kappa shape index (κ1) is 22.5. The predicted octanol–water partition coefficient (Wildman–Crippen LogP) is 3.99. The van der Waals surface area contributed by atoms with Crippen LogP contribution in [-0.2, 0) is 17.8 Å². The zero-order valence-corrected chi connectivity index (χ0v) is 20.1. The zero-order chi connectivity index (χ0) is 22.7. The van der Waals surface area contributed by atoms with Gasteiger partial charge in [0.25, 0.3) is 5.56 Å². The Balaban J connectivity index is 1.46. The molecule has 0 bridgehead atoms. The van der Waals surface area contributed by atoms with Crippen LogP contribution >= 0.6 is 23.1 Å². The minimum Gasteiger partial charge on any atom is -0.353 e. The van der Waals surface area contributed by atoms with Gasteiger partial charge in [-0.25, -0.2) is 0 Å². The largest absolute Gasteiger partial charge is 0.353 e. The number of thioether (sulfide) groups is 1. The Hall–Kier alpha value is -2.65. The van der Waals surface area contributed by atoms with Crippen LogP contribution in [-0.4, -0.2) is 36.9 Å². The van der Waals surface area contributed by atoms with Gasteiger partial charge in [0.15, 0.2) is 5.16 Å². The number of nitrogens with zero attached hydrogens (tertiary/aromatic N) is 4. The van der Waals surface area contributed by atoms with Crippen molar-refractivity contribution >= 4 is 45.0 Å². The molecule has 0 saturated carbocycles. The Kier molecular flexibility index (Phi) is 6.95. The number of aromatic nitrogens is 4. The first-order valence-corrected chi connectivity index (χ1v) is 12.6. The van der Waals surface area contributed by atoms with Gasteiger partial charge in [-0.3, -0.25) is 18.6 Å². The average molecular weight is 470 g/mol. The molecule has 0 aliphatic rings. The average Bonchev–Trinajstić information content (AvgIpc) is 3.41. The van der Waals surface area contributed by atoms with Gasteiger partial charge in [0, 0.05) is 12.6 Å². The van der Waals surface area contributed by atoms with Crippen molar-refractivity contribution in [2.45, 2.75) is 51.4 Å². The second kappa shape index (κ2) is 9.87. The molecule has 1 amide bonds. The van der Waals surface area contributed by atoms with Crippen molar-refractivity contribution in [1.82, 2.24) is 24.5 Å². The molecule has 0 saturated heterocycles. The Morgan fingerprint density at radius 2 is 1.94 bits per heavy atom. The molecule has 3 aromatic heterocycles. The molecule has 4 rings (SSSR count). The van der Waals surface area contributed by atoms with Gasteiger partial charge in [-0.2, -0.15) is 0 Å². The fourth-order valence-corrected chi connectivity index (χ4v) is 5.25. The SMILES string of the molecule is CC(C)Cn1c(=O)c2sccc2n2c(SCC(=O)N[C@@H](C)CCc3ccccc3)nnc12. The Morgan fingerprint density at radius 3 is 2.69 bits per heavy atom. The van der Waals surface area contributed by atoms with E-state index in [1.54, 1.807) is 4.57 Å². The van der Waals surface area contributed by atoms with Crippen molar-refractivity contribution in [1.29, 1.82) is 0 Å². The number of carbonyl (C=O) groups excluding carboxylic acids is 1. The van der Waals surface area contributed by atoms with Gasteiger partial charge >= 0.3 is 0 Å². The van der Waals surface area contributed by atoms with E-state index in [0.29, 0.717) is 28.1 Å². The van der Waals surface area contributed by atoms with Crippen LogP contribution in [0.4, 0.5) is 0 Å². The molecule has 0 spiro atoms. The highest BCUT2D eigenvalue weighted by atomic mass is 32.2. The van der Waals surface area contributed by atoms with Crippen molar-refractivity contribution in [3.05, 3.63) is 57.7 Å².